The van der Waals surface area contributed by atoms with E-state index in [-0.39, 0.29) is 5.97 Å². The first-order chi connectivity index (χ1) is 10.8. The molecule has 0 aliphatic rings. The van der Waals surface area contributed by atoms with E-state index < -0.39 is 5.25 Å². The predicted molar refractivity (Wildman–Crippen MR) is 84.7 cm³/mol. The highest BCUT2D eigenvalue weighted by Gasteiger charge is 2.25. The number of benzene rings is 1. The van der Waals surface area contributed by atoms with Crippen LogP contribution in [0.25, 0.3) is 5.65 Å². The maximum atomic E-state index is 12.3. The number of nitrogens with zero attached hydrogens (tertiary/aromatic N) is 3. The third-order valence-electron chi connectivity index (χ3n) is 3.11. The molecule has 3 rings (SSSR count). The number of ether oxygens (including phenoxy) is 1. The fourth-order valence-corrected chi connectivity index (χ4v) is 3.19. The van der Waals surface area contributed by atoms with Gasteiger partial charge in [0.1, 0.15) is 10.3 Å². The lowest BCUT2D eigenvalue weighted by atomic mass is 10.1. The minimum atomic E-state index is -0.462. The molecule has 1 unspecified atom stereocenters. The van der Waals surface area contributed by atoms with Gasteiger partial charge in [0.05, 0.1) is 6.61 Å². The zero-order valence-corrected chi connectivity index (χ0v) is 12.9. The third kappa shape index (κ3) is 2.96. The molecule has 2 aromatic heterocycles. The van der Waals surface area contributed by atoms with Gasteiger partial charge in [-0.2, -0.15) is 0 Å². The number of esters is 1. The van der Waals surface area contributed by atoms with E-state index in [1.165, 1.54) is 11.8 Å². The second-order valence-corrected chi connectivity index (χ2v) is 5.64. The van der Waals surface area contributed by atoms with Crippen molar-refractivity contribution in [1.82, 2.24) is 14.4 Å². The summed E-state index contributed by atoms with van der Waals surface area (Å²) in [7, 11) is 0. The van der Waals surface area contributed by atoms with E-state index in [1.807, 2.05) is 47.1 Å². The number of thioether (sulfide) groups is 1. The van der Waals surface area contributed by atoms with Crippen molar-refractivity contribution in [3.63, 3.8) is 0 Å². The minimum absolute atomic E-state index is 0.269. The number of imidazole rings is 1. The molecule has 0 fully saturated rings. The van der Waals surface area contributed by atoms with Crippen molar-refractivity contribution in [1.29, 1.82) is 0 Å². The van der Waals surface area contributed by atoms with Gasteiger partial charge in [0.25, 0.3) is 0 Å². The van der Waals surface area contributed by atoms with Crippen LogP contribution < -0.4 is 0 Å². The number of carbonyl (C=O) groups is 1. The summed E-state index contributed by atoms with van der Waals surface area (Å²) in [4.78, 5) is 21.0. The Labute approximate surface area is 132 Å². The van der Waals surface area contributed by atoms with E-state index in [4.69, 9.17) is 4.74 Å². The van der Waals surface area contributed by atoms with Crippen LogP contribution in [-0.4, -0.2) is 26.9 Å². The highest BCUT2D eigenvalue weighted by Crippen LogP contribution is 2.36. The predicted octanol–water partition coefficient (Wildman–Crippen LogP) is 3.13. The van der Waals surface area contributed by atoms with E-state index >= 15 is 0 Å². The summed E-state index contributed by atoms with van der Waals surface area (Å²) < 4.78 is 7.09. The van der Waals surface area contributed by atoms with Gasteiger partial charge in [-0.3, -0.25) is 4.79 Å². The standard InChI is InChI=1S/C16H15N3O2S/c1-2-21-16(20)13(12-6-4-3-5-7-12)22-15-14-17-8-10-19(14)11-9-18-15/h3-11,13H,2H2,1H3. The highest BCUT2D eigenvalue weighted by molar-refractivity contribution is 8.00. The maximum absolute atomic E-state index is 12.3. The van der Waals surface area contributed by atoms with Crippen molar-refractivity contribution in [3.05, 3.63) is 60.7 Å². The molecular formula is C16H15N3O2S. The molecule has 0 aliphatic heterocycles. The first kappa shape index (κ1) is 14.6. The first-order valence-corrected chi connectivity index (χ1v) is 7.83. The molecule has 0 saturated carbocycles. The van der Waals surface area contributed by atoms with Crippen LogP contribution >= 0.6 is 11.8 Å². The highest BCUT2D eigenvalue weighted by atomic mass is 32.2. The molecule has 0 aliphatic carbocycles. The average molecular weight is 313 g/mol. The van der Waals surface area contributed by atoms with Gasteiger partial charge < -0.3 is 9.14 Å². The van der Waals surface area contributed by atoms with Crippen LogP contribution in [0.3, 0.4) is 0 Å². The summed E-state index contributed by atoms with van der Waals surface area (Å²) in [6, 6.07) is 9.57. The Hall–Kier alpha value is -2.34. The third-order valence-corrected chi connectivity index (χ3v) is 4.32. The van der Waals surface area contributed by atoms with E-state index in [0.29, 0.717) is 11.6 Å². The van der Waals surface area contributed by atoms with Crippen molar-refractivity contribution in [3.8, 4) is 0 Å². The van der Waals surface area contributed by atoms with Crippen molar-refractivity contribution in [2.24, 2.45) is 0 Å². The van der Waals surface area contributed by atoms with Gasteiger partial charge in [-0.1, -0.05) is 42.1 Å². The lowest BCUT2D eigenvalue weighted by Gasteiger charge is -2.15. The Morgan fingerprint density at radius 1 is 1.23 bits per heavy atom. The second kappa shape index (κ2) is 6.62. The Morgan fingerprint density at radius 3 is 2.68 bits per heavy atom. The van der Waals surface area contributed by atoms with Crippen LogP contribution in [0, 0.1) is 0 Å². The largest absolute Gasteiger partial charge is 0.465 e. The van der Waals surface area contributed by atoms with Crippen LogP contribution in [0.5, 0.6) is 0 Å². The molecule has 6 heteroatoms. The van der Waals surface area contributed by atoms with Gasteiger partial charge in [0, 0.05) is 24.8 Å². The van der Waals surface area contributed by atoms with Crippen LogP contribution in [0.4, 0.5) is 0 Å². The molecule has 2 heterocycles. The zero-order valence-electron chi connectivity index (χ0n) is 12.0. The summed E-state index contributed by atoms with van der Waals surface area (Å²) in [6.45, 7) is 2.15. The number of aromatic nitrogens is 3. The number of rotatable bonds is 5. The van der Waals surface area contributed by atoms with E-state index in [9.17, 15) is 4.79 Å². The Morgan fingerprint density at radius 2 is 1.95 bits per heavy atom. The Balaban J connectivity index is 1.96. The summed E-state index contributed by atoms with van der Waals surface area (Å²) in [5.41, 5.74) is 1.62. The molecule has 1 atom stereocenters. The molecule has 1 aromatic carbocycles. The topological polar surface area (TPSA) is 56.5 Å². The van der Waals surface area contributed by atoms with Crippen LogP contribution in [0.15, 0.2) is 60.1 Å². The molecule has 0 spiro atoms. The normalized spacial score (nSPS) is 12.2. The zero-order chi connectivity index (χ0) is 15.4. The molecule has 0 N–H and O–H groups in total. The van der Waals surface area contributed by atoms with Crippen LogP contribution in [-0.2, 0) is 9.53 Å². The molecule has 0 amide bonds. The SMILES string of the molecule is CCOC(=O)C(Sc1nccn2ccnc12)c1ccccc1. The van der Waals surface area contributed by atoms with E-state index in [2.05, 4.69) is 9.97 Å². The summed E-state index contributed by atoms with van der Waals surface area (Å²) in [6.07, 6.45) is 7.09. The molecule has 0 bridgehead atoms. The quantitative estimate of drug-likeness (QED) is 0.535. The summed E-state index contributed by atoms with van der Waals surface area (Å²) >= 11 is 1.35. The second-order valence-electron chi connectivity index (χ2n) is 4.55. The van der Waals surface area contributed by atoms with Crippen molar-refractivity contribution >= 4 is 23.4 Å². The monoisotopic (exact) mass is 313 g/mol. The molecule has 3 aromatic rings. The molecule has 5 nitrogen and oxygen atoms in total. The van der Waals surface area contributed by atoms with Gasteiger partial charge in [0.2, 0.25) is 0 Å². The average Bonchev–Trinajstić information content (AvgIpc) is 3.03. The van der Waals surface area contributed by atoms with Crippen molar-refractivity contribution in [2.75, 3.05) is 6.61 Å². The first-order valence-electron chi connectivity index (χ1n) is 6.95. The van der Waals surface area contributed by atoms with Gasteiger partial charge in [-0.25, -0.2) is 9.97 Å². The lowest BCUT2D eigenvalue weighted by Crippen LogP contribution is -2.13. The summed E-state index contributed by atoms with van der Waals surface area (Å²) in [5, 5.41) is 0.242. The molecule has 112 valence electrons. The molecule has 22 heavy (non-hydrogen) atoms. The molecule has 0 saturated heterocycles. The molecular weight excluding hydrogens is 298 g/mol. The van der Waals surface area contributed by atoms with Crippen LogP contribution in [0.2, 0.25) is 0 Å². The lowest BCUT2D eigenvalue weighted by molar-refractivity contribution is -0.142. The Bertz CT molecular complexity index is 773. The van der Waals surface area contributed by atoms with Gasteiger partial charge in [-0.15, -0.1) is 0 Å². The maximum Gasteiger partial charge on any atom is 0.324 e. The van der Waals surface area contributed by atoms with E-state index in [1.54, 1.807) is 19.3 Å². The van der Waals surface area contributed by atoms with Crippen LogP contribution in [0.1, 0.15) is 17.7 Å². The van der Waals surface area contributed by atoms with Crippen molar-refractivity contribution in [2.45, 2.75) is 17.2 Å². The number of hydrogen-bond donors (Lipinski definition) is 0. The number of hydrogen-bond acceptors (Lipinski definition) is 5. The number of fused-ring (bicyclic) bond motifs is 1. The fourth-order valence-electron chi connectivity index (χ4n) is 2.12. The summed E-state index contributed by atoms with van der Waals surface area (Å²) in [5.74, 6) is -0.269. The fraction of sp³-hybridized carbons (Fsp3) is 0.188. The number of carbonyl (C=O) groups excluding carboxylic acids is 1. The smallest absolute Gasteiger partial charge is 0.324 e. The van der Waals surface area contributed by atoms with Gasteiger partial charge in [0.15, 0.2) is 5.65 Å². The Kier molecular flexibility index (Phi) is 4.39. The van der Waals surface area contributed by atoms with Crippen molar-refractivity contribution < 1.29 is 9.53 Å². The van der Waals surface area contributed by atoms with Gasteiger partial charge >= 0.3 is 5.97 Å². The molecule has 0 radical (unpaired) electrons. The minimum Gasteiger partial charge on any atom is -0.465 e. The van der Waals surface area contributed by atoms with E-state index in [0.717, 1.165) is 11.2 Å². The van der Waals surface area contributed by atoms with Gasteiger partial charge in [-0.05, 0) is 12.5 Å².